The molecule has 1 aliphatic heterocycles. The van der Waals surface area contributed by atoms with Crippen LogP contribution in [0.2, 0.25) is 5.02 Å². The molecule has 34 heavy (non-hydrogen) atoms. The zero-order valence-corrected chi connectivity index (χ0v) is 18.8. The van der Waals surface area contributed by atoms with Crippen molar-refractivity contribution in [1.29, 1.82) is 0 Å². The van der Waals surface area contributed by atoms with Gasteiger partial charge in [-0.25, -0.2) is 9.67 Å². The normalized spacial score (nSPS) is 15.5. The summed E-state index contributed by atoms with van der Waals surface area (Å²) in [4.78, 5) is 30.3. The average molecular weight is 506 g/mol. The van der Waals surface area contributed by atoms with Crippen LogP contribution in [0.3, 0.4) is 0 Å². The van der Waals surface area contributed by atoms with Gasteiger partial charge in [0.05, 0.1) is 23.5 Å². The first-order chi connectivity index (χ1) is 16.2. The van der Waals surface area contributed by atoms with Crippen LogP contribution in [0, 0.1) is 0 Å². The monoisotopic (exact) mass is 505 g/mol. The van der Waals surface area contributed by atoms with Gasteiger partial charge in [-0.05, 0) is 48.5 Å². The van der Waals surface area contributed by atoms with Gasteiger partial charge >= 0.3 is 6.18 Å². The highest BCUT2D eigenvalue weighted by Crippen LogP contribution is 2.34. The Balaban J connectivity index is 1.37. The van der Waals surface area contributed by atoms with Crippen LogP contribution in [0.25, 0.3) is 16.7 Å². The molecule has 1 N–H and O–H groups in total. The lowest BCUT2D eigenvalue weighted by Gasteiger charge is -2.14. The third-order valence-electron chi connectivity index (χ3n) is 5.36. The molecule has 0 spiro atoms. The number of rotatable bonds is 4. The van der Waals surface area contributed by atoms with Gasteiger partial charge in [0, 0.05) is 22.9 Å². The van der Waals surface area contributed by atoms with E-state index in [1.165, 1.54) is 34.7 Å². The van der Waals surface area contributed by atoms with E-state index in [2.05, 4.69) is 15.4 Å². The van der Waals surface area contributed by atoms with E-state index in [0.717, 1.165) is 12.1 Å². The molecule has 0 saturated heterocycles. The third kappa shape index (κ3) is 4.16. The number of carbonyl (C=O) groups excluding carboxylic acids is 1. The first-order valence-corrected chi connectivity index (χ1v) is 11.4. The number of hydrogen-bond acceptors (Lipinski definition) is 5. The number of hydrogen-bond donors (Lipinski definition) is 1. The standard InChI is InChI=1S/C22H15ClF3N5O2S/c23-13-3-7-15(8-4-13)31-19-17(10-27-31)20(33)30-16(11-34-21(30)29-19)9-18(32)28-14-5-1-12(2-6-14)22(24,25)26/h1-8,10,16H,9,11H2,(H,28,32). The SMILES string of the molecule is O=C(CC1CSc2nc3c(cnn3-c3ccc(Cl)cc3)c(=O)n21)Nc1ccc(C(F)(F)F)cc1. The largest absolute Gasteiger partial charge is 0.416 e. The third-order valence-corrected chi connectivity index (χ3v) is 6.71. The van der Waals surface area contributed by atoms with Crippen LogP contribution in [0.15, 0.2) is 64.7 Å². The minimum absolute atomic E-state index is 0.0283. The topological polar surface area (TPSA) is 81.8 Å². The fourth-order valence-electron chi connectivity index (χ4n) is 3.72. The van der Waals surface area contributed by atoms with Crippen molar-refractivity contribution in [3.8, 4) is 5.69 Å². The van der Waals surface area contributed by atoms with Gasteiger partial charge in [-0.2, -0.15) is 18.3 Å². The predicted molar refractivity (Wildman–Crippen MR) is 123 cm³/mol. The van der Waals surface area contributed by atoms with Crippen LogP contribution in [-0.4, -0.2) is 31.0 Å². The molecule has 0 fully saturated rings. The van der Waals surface area contributed by atoms with Gasteiger partial charge in [-0.3, -0.25) is 14.2 Å². The number of nitrogens with one attached hydrogen (secondary N) is 1. The van der Waals surface area contributed by atoms with E-state index < -0.39 is 23.7 Å². The van der Waals surface area contributed by atoms with Crippen molar-refractivity contribution in [3.63, 3.8) is 0 Å². The van der Waals surface area contributed by atoms with Crippen LogP contribution in [0.1, 0.15) is 18.0 Å². The van der Waals surface area contributed by atoms with Crippen LogP contribution >= 0.6 is 23.4 Å². The lowest BCUT2D eigenvalue weighted by atomic mass is 10.2. The molecule has 4 aromatic rings. The molecule has 2 aromatic carbocycles. The number of alkyl halides is 3. The van der Waals surface area contributed by atoms with Crippen molar-refractivity contribution in [2.24, 2.45) is 0 Å². The summed E-state index contributed by atoms with van der Waals surface area (Å²) in [5, 5.41) is 8.24. The summed E-state index contributed by atoms with van der Waals surface area (Å²) in [7, 11) is 0. The summed E-state index contributed by atoms with van der Waals surface area (Å²) in [6, 6.07) is 10.7. The first kappa shape index (κ1) is 22.5. The first-order valence-electron chi connectivity index (χ1n) is 10.1. The molecule has 7 nitrogen and oxygen atoms in total. The van der Waals surface area contributed by atoms with Gasteiger partial charge in [0.25, 0.3) is 5.56 Å². The number of halogens is 4. The van der Waals surface area contributed by atoms with E-state index in [-0.39, 0.29) is 17.7 Å². The minimum Gasteiger partial charge on any atom is -0.326 e. The number of fused-ring (bicyclic) bond motifs is 2. The molecule has 12 heteroatoms. The maximum Gasteiger partial charge on any atom is 0.416 e. The van der Waals surface area contributed by atoms with Gasteiger partial charge in [0.1, 0.15) is 5.39 Å². The quantitative estimate of drug-likeness (QED) is 0.398. The number of aromatic nitrogens is 4. The number of thioether (sulfide) groups is 1. The molecule has 174 valence electrons. The van der Waals surface area contributed by atoms with Gasteiger partial charge < -0.3 is 5.32 Å². The molecule has 0 aliphatic carbocycles. The second-order valence-electron chi connectivity index (χ2n) is 7.63. The van der Waals surface area contributed by atoms with Crippen molar-refractivity contribution in [2.45, 2.75) is 23.8 Å². The van der Waals surface area contributed by atoms with Crippen molar-refractivity contribution in [2.75, 3.05) is 11.1 Å². The summed E-state index contributed by atoms with van der Waals surface area (Å²) >= 11 is 7.30. The van der Waals surface area contributed by atoms with Crippen LogP contribution in [-0.2, 0) is 11.0 Å². The van der Waals surface area contributed by atoms with E-state index in [4.69, 9.17) is 11.6 Å². The van der Waals surface area contributed by atoms with Crippen molar-refractivity contribution < 1.29 is 18.0 Å². The van der Waals surface area contributed by atoms with E-state index >= 15 is 0 Å². The Kier molecular flexibility index (Phi) is 5.61. The zero-order valence-electron chi connectivity index (χ0n) is 17.2. The zero-order chi connectivity index (χ0) is 24.0. The predicted octanol–water partition coefficient (Wildman–Crippen LogP) is 4.93. The number of nitrogens with zero attached hydrogens (tertiary/aromatic N) is 4. The van der Waals surface area contributed by atoms with Gasteiger partial charge in [-0.1, -0.05) is 23.4 Å². The average Bonchev–Trinajstić information content (AvgIpc) is 3.39. The van der Waals surface area contributed by atoms with Crippen molar-refractivity contribution in [3.05, 3.63) is 75.7 Å². The molecule has 5 rings (SSSR count). The highest BCUT2D eigenvalue weighted by Gasteiger charge is 2.31. The maximum atomic E-state index is 13.2. The number of carbonyl (C=O) groups is 1. The number of anilines is 1. The Bertz CT molecular complexity index is 1450. The molecular weight excluding hydrogens is 491 g/mol. The number of benzene rings is 2. The van der Waals surface area contributed by atoms with E-state index in [1.807, 2.05) is 0 Å². The fourth-order valence-corrected chi connectivity index (χ4v) is 4.98. The van der Waals surface area contributed by atoms with Gasteiger partial charge in [-0.15, -0.1) is 0 Å². The van der Waals surface area contributed by atoms with E-state index in [9.17, 15) is 22.8 Å². The molecule has 0 radical (unpaired) electrons. The Morgan fingerprint density at radius 3 is 2.53 bits per heavy atom. The van der Waals surface area contributed by atoms with Crippen molar-refractivity contribution in [1.82, 2.24) is 19.3 Å². The second kappa shape index (κ2) is 8.48. The maximum absolute atomic E-state index is 13.2. The lowest BCUT2D eigenvalue weighted by molar-refractivity contribution is -0.137. The lowest BCUT2D eigenvalue weighted by Crippen LogP contribution is -2.27. The highest BCUT2D eigenvalue weighted by molar-refractivity contribution is 7.99. The molecule has 0 saturated carbocycles. The van der Waals surface area contributed by atoms with Gasteiger partial charge in [0.2, 0.25) is 5.91 Å². The Labute approximate surface area is 199 Å². The molecule has 3 heterocycles. The fraction of sp³-hybridized carbons (Fsp3) is 0.182. The molecular formula is C22H15ClF3N5O2S. The summed E-state index contributed by atoms with van der Waals surface area (Å²) < 4.78 is 41.2. The van der Waals surface area contributed by atoms with Crippen LogP contribution in [0.5, 0.6) is 0 Å². The summed E-state index contributed by atoms with van der Waals surface area (Å²) in [5.74, 6) is 0.0472. The Morgan fingerprint density at radius 2 is 1.85 bits per heavy atom. The number of amides is 1. The van der Waals surface area contributed by atoms with E-state index in [0.29, 0.717) is 32.7 Å². The second-order valence-corrected chi connectivity index (χ2v) is 9.06. The molecule has 1 aliphatic rings. The summed E-state index contributed by atoms with van der Waals surface area (Å²) in [5.41, 5.74) is 0.242. The summed E-state index contributed by atoms with van der Waals surface area (Å²) in [6.07, 6.45) is -3.04. The van der Waals surface area contributed by atoms with Crippen molar-refractivity contribution >= 4 is 46.0 Å². The highest BCUT2D eigenvalue weighted by atomic mass is 35.5. The minimum atomic E-state index is -4.45. The molecule has 1 amide bonds. The smallest absolute Gasteiger partial charge is 0.326 e. The Hall–Kier alpha value is -3.31. The van der Waals surface area contributed by atoms with Crippen LogP contribution in [0.4, 0.5) is 18.9 Å². The molecule has 1 unspecified atom stereocenters. The van der Waals surface area contributed by atoms with E-state index in [1.54, 1.807) is 28.9 Å². The molecule has 2 aromatic heterocycles. The molecule has 1 atom stereocenters. The molecule has 0 bridgehead atoms. The Morgan fingerprint density at radius 1 is 1.15 bits per heavy atom. The van der Waals surface area contributed by atoms with Gasteiger partial charge in [0.15, 0.2) is 10.8 Å². The van der Waals surface area contributed by atoms with Crippen LogP contribution < -0.4 is 10.9 Å². The summed E-state index contributed by atoms with van der Waals surface area (Å²) in [6.45, 7) is 0.